The highest BCUT2D eigenvalue weighted by molar-refractivity contribution is 6.19. The van der Waals surface area contributed by atoms with Crippen LogP contribution < -0.4 is 5.48 Å². The van der Waals surface area contributed by atoms with Crippen LogP contribution in [-0.2, 0) is 14.3 Å². The van der Waals surface area contributed by atoms with Crippen molar-refractivity contribution >= 4 is 17.7 Å². The Kier molecular flexibility index (Phi) is 6.84. The van der Waals surface area contributed by atoms with Crippen LogP contribution >= 0.6 is 11.6 Å². The quantitative estimate of drug-likeness (QED) is 0.404. The topological polar surface area (TPSA) is 56.8 Å². The van der Waals surface area contributed by atoms with Crippen LogP contribution in [-0.4, -0.2) is 32.0 Å². The maximum Gasteiger partial charge on any atom is 0.432 e. The molecule has 0 saturated carbocycles. The van der Waals surface area contributed by atoms with Gasteiger partial charge in [-0.05, 0) is 6.92 Å². The van der Waals surface area contributed by atoms with Gasteiger partial charge in [-0.15, -0.1) is 0 Å². The summed E-state index contributed by atoms with van der Waals surface area (Å²) in [5, 5.41) is 0. The van der Waals surface area contributed by atoms with E-state index in [4.69, 9.17) is 11.6 Å². The lowest BCUT2D eigenvalue weighted by Gasteiger charge is -2.07. The van der Waals surface area contributed by atoms with Crippen LogP contribution in [0.2, 0.25) is 0 Å². The maximum absolute atomic E-state index is 10.6. The number of carbonyl (C=O) groups is 1. The van der Waals surface area contributed by atoms with Crippen LogP contribution in [0.5, 0.6) is 0 Å². The number of alkyl halides is 1. The number of rotatable bonds is 5. The molecule has 1 N–H and O–H groups in total. The lowest BCUT2D eigenvalue weighted by Crippen LogP contribution is -2.27. The van der Waals surface area contributed by atoms with Crippen LogP contribution in [0.1, 0.15) is 6.92 Å². The molecule has 1 amide bonds. The summed E-state index contributed by atoms with van der Waals surface area (Å²) in [7, 11) is 1.53. The van der Waals surface area contributed by atoms with Gasteiger partial charge in [0.15, 0.2) is 5.56 Å². The van der Waals surface area contributed by atoms with Gasteiger partial charge in [0.2, 0.25) is 0 Å². The molecule has 0 bridgehead atoms. The molecule has 0 rings (SSSR count). The first-order valence-corrected chi connectivity index (χ1v) is 3.82. The SMILES string of the molecule is COCCONC(=O)OC(C)Cl. The van der Waals surface area contributed by atoms with Gasteiger partial charge >= 0.3 is 6.09 Å². The number of amides is 1. The second kappa shape index (κ2) is 7.15. The van der Waals surface area contributed by atoms with Crippen molar-refractivity contribution in [3.05, 3.63) is 0 Å². The number of ether oxygens (including phenoxy) is 2. The predicted molar refractivity (Wildman–Crippen MR) is 42.8 cm³/mol. The fourth-order valence-corrected chi connectivity index (χ4v) is 0.487. The Morgan fingerprint density at radius 1 is 1.58 bits per heavy atom. The Balaban J connectivity index is 3.20. The molecule has 6 heteroatoms. The summed E-state index contributed by atoms with van der Waals surface area (Å²) >= 11 is 5.35. The Hall–Kier alpha value is -0.520. The van der Waals surface area contributed by atoms with Gasteiger partial charge in [0.25, 0.3) is 0 Å². The van der Waals surface area contributed by atoms with E-state index >= 15 is 0 Å². The molecule has 1 unspecified atom stereocenters. The van der Waals surface area contributed by atoms with E-state index in [9.17, 15) is 4.79 Å². The second-order valence-electron chi connectivity index (χ2n) is 1.89. The molecule has 0 saturated heterocycles. The van der Waals surface area contributed by atoms with Crippen molar-refractivity contribution in [2.75, 3.05) is 20.3 Å². The van der Waals surface area contributed by atoms with Gasteiger partial charge in [-0.25, -0.2) is 4.79 Å². The molecule has 0 aliphatic carbocycles. The van der Waals surface area contributed by atoms with Crippen LogP contribution in [0, 0.1) is 0 Å². The number of halogens is 1. The molecule has 0 fully saturated rings. The van der Waals surface area contributed by atoms with Crippen molar-refractivity contribution in [3.8, 4) is 0 Å². The highest BCUT2D eigenvalue weighted by atomic mass is 35.5. The van der Waals surface area contributed by atoms with Gasteiger partial charge in [0.1, 0.15) is 0 Å². The van der Waals surface area contributed by atoms with E-state index in [1.807, 2.05) is 5.48 Å². The molecular weight excluding hydrogens is 186 g/mol. The predicted octanol–water partition coefficient (Wildman–Crippen LogP) is 0.875. The molecule has 0 spiro atoms. The van der Waals surface area contributed by atoms with Gasteiger partial charge < -0.3 is 9.47 Å². The average Bonchev–Trinajstić information content (AvgIpc) is 1.97. The minimum absolute atomic E-state index is 0.266. The van der Waals surface area contributed by atoms with Crippen molar-refractivity contribution < 1.29 is 19.1 Å². The molecule has 0 aliphatic heterocycles. The largest absolute Gasteiger partial charge is 0.432 e. The fraction of sp³-hybridized carbons (Fsp3) is 0.833. The molecule has 0 heterocycles. The third kappa shape index (κ3) is 7.59. The maximum atomic E-state index is 10.6. The lowest BCUT2D eigenvalue weighted by molar-refractivity contribution is 0.00159. The van der Waals surface area contributed by atoms with E-state index in [2.05, 4.69) is 14.3 Å². The standard InChI is InChI=1S/C6H12ClNO4/c1-5(7)12-6(9)8-11-4-3-10-2/h5H,3-4H2,1-2H3,(H,8,9). The zero-order chi connectivity index (χ0) is 9.40. The molecule has 72 valence electrons. The van der Waals surface area contributed by atoms with Crippen LogP contribution in [0.25, 0.3) is 0 Å². The zero-order valence-electron chi connectivity index (χ0n) is 7.00. The summed E-state index contributed by atoms with van der Waals surface area (Å²) in [6.07, 6.45) is -0.714. The number of carbonyl (C=O) groups excluding carboxylic acids is 1. The molecule has 5 nitrogen and oxygen atoms in total. The summed E-state index contributed by atoms with van der Waals surface area (Å²) in [5.41, 5.74) is 1.35. The molecular formula is C6H12ClNO4. The van der Waals surface area contributed by atoms with Gasteiger partial charge in [-0.2, -0.15) is 5.48 Å². The fourth-order valence-electron chi connectivity index (χ4n) is 0.407. The van der Waals surface area contributed by atoms with Crippen molar-refractivity contribution in [1.82, 2.24) is 5.48 Å². The van der Waals surface area contributed by atoms with Crippen LogP contribution in [0.15, 0.2) is 0 Å². The van der Waals surface area contributed by atoms with Crippen molar-refractivity contribution in [2.24, 2.45) is 0 Å². The first-order chi connectivity index (χ1) is 5.66. The van der Waals surface area contributed by atoms with Gasteiger partial charge in [0, 0.05) is 7.11 Å². The van der Waals surface area contributed by atoms with Gasteiger partial charge in [-0.1, -0.05) is 11.6 Å². The van der Waals surface area contributed by atoms with Crippen LogP contribution in [0.3, 0.4) is 0 Å². The third-order valence-electron chi connectivity index (χ3n) is 0.814. The van der Waals surface area contributed by atoms with E-state index < -0.39 is 11.7 Å². The van der Waals surface area contributed by atoms with E-state index in [-0.39, 0.29) is 6.61 Å². The second-order valence-corrected chi connectivity index (χ2v) is 2.51. The number of hydrogen-bond donors (Lipinski definition) is 1. The molecule has 0 aromatic heterocycles. The molecule has 1 atom stereocenters. The zero-order valence-corrected chi connectivity index (χ0v) is 7.76. The lowest BCUT2D eigenvalue weighted by atomic mass is 10.8. The average molecular weight is 198 g/mol. The minimum atomic E-state index is -0.714. The smallest absolute Gasteiger partial charge is 0.429 e. The van der Waals surface area contributed by atoms with Crippen molar-refractivity contribution in [2.45, 2.75) is 12.5 Å². The number of hydroxylamine groups is 1. The molecule has 0 radical (unpaired) electrons. The van der Waals surface area contributed by atoms with E-state index in [0.717, 1.165) is 0 Å². The van der Waals surface area contributed by atoms with Gasteiger partial charge in [-0.3, -0.25) is 4.84 Å². The summed E-state index contributed by atoms with van der Waals surface area (Å²) in [5.74, 6) is 0. The molecule has 12 heavy (non-hydrogen) atoms. The monoisotopic (exact) mass is 197 g/mol. The van der Waals surface area contributed by atoms with Gasteiger partial charge in [0.05, 0.1) is 13.2 Å². The van der Waals surface area contributed by atoms with Crippen LogP contribution in [0.4, 0.5) is 4.79 Å². The van der Waals surface area contributed by atoms with E-state index in [1.54, 1.807) is 0 Å². The summed E-state index contributed by atoms with van der Waals surface area (Å²) in [6, 6.07) is 0. The number of methoxy groups -OCH3 is 1. The number of hydrogen-bond acceptors (Lipinski definition) is 4. The van der Waals surface area contributed by atoms with Crippen molar-refractivity contribution in [3.63, 3.8) is 0 Å². The molecule has 0 aliphatic rings. The molecule has 0 aromatic rings. The number of nitrogens with one attached hydrogen (secondary N) is 1. The summed E-state index contributed by atoms with van der Waals surface area (Å²) in [4.78, 5) is 15.3. The highest BCUT2D eigenvalue weighted by Gasteiger charge is 2.04. The first kappa shape index (κ1) is 11.5. The summed E-state index contributed by atoms with van der Waals surface area (Å²) < 4.78 is 9.14. The third-order valence-corrected chi connectivity index (χ3v) is 0.904. The molecule has 0 aromatic carbocycles. The highest BCUT2D eigenvalue weighted by Crippen LogP contribution is 1.95. The Bertz CT molecular complexity index is 131. The van der Waals surface area contributed by atoms with E-state index in [0.29, 0.717) is 6.61 Å². The van der Waals surface area contributed by atoms with Crippen molar-refractivity contribution in [1.29, 1.82) is 0 Å². The Labute approximate surface area is 75.9 Å². The summed E-state index contributed by atoms with van der Waals surface area (Å²) in [6.45, 7) is 2.19. The Morgan fingerprint density at radius 3 is 2.75 bits per heavy atom. The first-order valence-electron chi connectivity index (χ1n) is 3.38. The normalized spacial score (nSPS) is 12.2. The van der Waals surface area contributed by atoms with E-state index in [1.165, 1.54) is 14.0 Å². The Morgan fingerprint density at radius 2 is 2.25 bits per heavy atom. The minimum Gasteiger partial charge on any atom is -0.429 e.